The molecule has 0 unspecified atom stereocenters. The lowest BCUT2D eigenvalue weighted by Crippen LogP contribution is -1.97. The van der Waals surface area contributed by atoms with Crippen molar-refractivity contribution < 1.29 is 4.39 Å². The van der Waals surface area contributed by atoms with E-state index in [1.54, 1.807) is 0 Å². The van der Waals surface area contributed by atoms with Crippen LogP contribution < -0.4 is 0 Å². The summed E-state index contributed by atoms with van der Waals surface area (Å²) in [6.45, 7) is 6.00. The molecule has 1 heteroatoms. The summed E-state index contributed by atoms with van der Waals surface area (Å²) >= 11 is 0. The van der Waals surface area contributed by atoms with Gasteiger partial charge >= 0.3 is 0 Å². The Bertz CT molecular complexity index is 538. The van der Waals surface area contributed by atoms with Crippen molar-refractivity contribution in [3.63, 3.8) is 0 Å². The van der Waals surface area contributed by atoms with E-state index >= 15 is 0 Å². The molecule has 0 heterocycles. The predicted molar refractivity (Wildman–Crippen MR) is 75.1 cm³/mol. The van der Waals surface area contributed by atoms with Crippen molar-refractivity contribution in [3.05, 3.63) is 77.1 Å². The largest absolute Gasteiger partial charge is 0.207 e. The van der Waals surface area contributed by atoms with Crippen LogP contribution >= 0.6 is 0 Å². The van der Waals surface area contributed by atoms with Gasteiger partial charge in [0.25, 0.3) is 0 Å². The SMILES string of the molecule is C=Cc1cccc(Cc2ccc(F)cc2)c1CC. The first-order valence-electron chi connectivity index (χ1n) is 6.22. The minimum absolute atomic E-state index is 0.186. The first-order chi connectivity index (χ1) is 8.74. The second-order valence-corrected chi connectivity index (χ2v) is 4.35. The average Bonchev–Trinajstić information content (AvgIpc) is 2.41. The van der Waals surface area contributed by atoms with Gasteiger partial charge in [0.1, 0.15) is 5.82 Å². The molecule has 0 saturated heterocycles. The molecule has 0 nitrogen and oxygen atoms in total. The van der Waals surface area contributed by atoms with Crippen LogP contribution in [0.15, 0.2) is 49.0 Å². The summed E-state index contributed by atoms with van der Waals surface area (Å²) in [7, 11) is 0. The minimum Gasteiger partial charge on any atom is -0.207 e. The van der Waals surface area contributed by atoms with Crippen LogP contribution in [0.2, 0.25) is 0 Å². The number of benzene rings is 2. The van der Waals surface area contributed by atoms with Crippen molar-refractivity contribution in [2.24, 2.45) is 0 Å². The molecule has 0 aromatic heterocycles. The fraction of sp³-hybridized carbons (Fsp3) is 0.176. The van der Waals surface area contributed by atoms with Gasteiger partial charge in [0.05, 0.1) is 0 Å². The normalized spacial score (nSPS) is 10.3. The van der Waals surface area contributed by atoms with Crippen LogP contribution in [0.1, 0.15) is 29.2 Å². The third-order valence-corrected chi connectivity index (χ3v) is 3.19. The summed E-state index contributed by atoms with van der Waals surface area (Å²) in [6, 6.07) is 13.0. The van der Waals surface area contributed by atoms with E-state index in [1.807, 2.05) is 18.2 Å². The highest BCUT2D eigenvalue weighted by atomic mass is 19.1. The molecule has 0 radical (unpaired) electrons. The van der Waals surface area contributed by atoms with E-state index in [-0.39, 0.29) is 5.82 Å². The van der Waals surface area contributed by atoms with Gasteiger partial charge in [-0.15, -0.1) is 0 Å². The van der Waals surface area contributed by atoms with Gasteiger partial charge in [0, 0.05) is 0 Å². The number of hydrogen-bond donors (Lipinski definition) is 0. The molecule has 0 atom stereocenters. The van der Waals surface area contributed by atoms with Gasteiger partial charge in [-0.1, -0.05) is 49.9 Å². The Morgan fingerprint density at radius 1 is 1.11 bits per heavy atom. The molecule has 92 valence electrons. The minimum atomic E-state index is -0.186. The molecule has 0 aliphatic heterocycles. The van der Waals surface area contributed by atoms with E-state index in [0.29, 0.717) is 0 Å². The zero-order chi connectivity index (χ0) is 13.0. The summed E-state index contributed by atoms with van der Waals surface area (Å²) in [5, 5.41) is 0. The van der Waals surface area contributed by atoms with Gasteiger partial charge in [-0.3, -0.25) is 0 Å². The van der Waals surface area contributed by atoms with Gasteiger partial charge in [0.15, 0.2) is 0 Å². The lowest BCUT2D eigenvalue weighted by Gasteiger charge is -2.11. The molecule has 2 aromatic rings. The van der Waals surface area contributed by atoms with Gasteiger partial charge in [-0.2, -0.15) is 0 Å². The van der Waals surface area contributed by atoms with Crippen LogP contribution in [0.25, 0.3) is 6.08 Å². The highest BCUT2D eigenvalue weighted by molar-refractivity contribution is 5.55. The third kappa shape index (κ3) is 2.67. The van der Waals surface area contributed by atoms with Gasteiger partial charge < -0.3 is 0 Å². The van der Waals surface area contributed by atoms with Crippen molar-refractivity contribution in [2.75, 3.05) is 0 Å². The monoisotopic (exact) mass is 240 g/mol. The first-order valence-corrected chi connectivity index (χ1v) is 6.22. The molecule has 0 bridgehead atoms. The second-order valence-electron chi connectivity index (χ2n) is 4.35. The van der Waals surface area contributed by atoms with Gasteiger partial charge in [0.2, 0.25) is 0 Å². The summed E-state index contributed by atoms with van der Waals surface area (Å²) in [6.07, 6.45) is 3.72. The Morgan fingerprint density at radius 3 is 2.44 bits per heavy atom. The van der Waals surface area contributed by atoms with Crippen LogP contribution in [-0.2, 0) is 12.8 Å². The van der Waals surface area contributed by atoms with Crippen molar-refractivity contribution in [3.8, 4) is 0 Å². The molecule has 2 aromatic carbocycles. The molecule has 18 heavy (non-hydrogen) atoms. The molecule has 0 spiro atoms. The highest BCUT2D eigenvalue weighted by Gasteiger charge is 2.05. The molecule has 0 N–H and O–H groups in total. The van der Waals surface area contributed by atoms with E-state index in [1.165, 1.54) is 28.8 Å². The van der Waals surface area contributed by atoms with E-state index < -0.39 is 0 Å². The van der Waals surface area contributed by atoms with Gasteiger partial charge in [-0.25, -0.2) is 4.39 Å². The Kier molecular flexibility index (Phi) is 3.93. The van der Waals surface area contributed by atoms with Crippen LogP contribution in [0.5, 0.6) is 0 Å². The lowest BCUT2D eigenvalue weighted by molar-refractivity contribution is 0.627. The Morgan fingerprint density at radius 2 is 1.83 bits per heavy atom. The molecular weight excluding hydrogens is 223 g/mol. The van der Waals surface area contributed by atoms with E-state index in [4.69, 9.17) is 0 Å². The zero-order valence-corrected chi connectivity index (χ0v) is 10.6. The van der Waals surface area contributed by atoms with E-state index in [2.05, 4.69) is 31.7 Å². The average molecular weight is 240 g/mol. The van der Waals surface area contributed by atoms with Crippen molar-refractivity contribution in [2.45, 2.75) is 19.8 Å². The summed E-state index contributed by atoms with van der Waals surface area (Å²) in [5.74, 6) is -0.186. The fourth-order valence-corrected chi connectivity index (χ4v) is 2.26. The fourth-order valence-electron chi connectivity index (χ4n) is 2.26. The second kappa shape index (κ2) is 5.63. The summed E-state index contributed by atoms with van der Waals surface area (Å²) < 4.78 is 12.9. The number of rotatable bonds is 4. The Hall–Kier alpha value is -1.89. The predicted octanol–water partition coefficient (Wildman–Crippen LogP) is 4.62. The van der Waals surface area contributed by atoms with Gasteiger partial charge in [-0.05, 0) is 47.2 Å². The molecular formula is C17H17F. The van der Waals surface area contributed by atoms with Crippen LogP contribution in [0.4, 0.5) is 4.39 Å². The van der Waals surface area contributed by atoms with Crippen LogP contribution in [0, 0.1) is 5.82 Å². The molecule has 0 aliphatic carbocycles. The van der Waals surface area contributed by atoms with E-state index in [9.17, 15) is 4.39 Å². The summed E-state index contributed by atoms with van der Waals surface area (Å²) in [5.41, 5.74) is 4.95. The first kappa shape index (κ1) is 12.6. The Labute approximate surface area is 108 Å². The smallest absolute Gasteiger partial charge is 0.123 e. The molecule has 0 saturated carbocycles. The van der Waals surface area contributed by atoms with Crippen molar-refractivity contribution in [1.29, 1.82) is 0 Å². The maximum absolute atomic E-state index is 12.9. The van der Waals surface area contributed by atoms with Crippen LogP contribution in [-0.4, -0.2) is 0 Å². The molecule has 0 amide bonds. The van der Waals surface area contributed by atoms with Crippen LogP contribution in [0.3, 0.4) is 0 Å². The maximum atomic E-state index is 12.9. The molecule has 0 aliphatic rings. The van der Waals surface area contributed by atoms with Crippen molar-refractivity contribution in [1.82, 2.24) is 0 Å². The topological polar surface area (TPSA) is 0 Å². The van der Waals surface area contributed by atoms with Crippen molar-refractivity contribution >= 4 is 6.08 Å². The molecule has 2 rings (SSSR count). The lowest BCUT2D eigenvalue weighted by atomic mass is 9.94. The highest BCUT2D eigenvalue weighted by Crippen LogP contribution is 2.20. The summed E-state index contributed by atoms with van der Waals surface area (Å²) in [4.78, 5) is 0. The number of hydrogen-bond acceptors (Lipinski definition) is 0. The zero-order valence-electron chi connectivity index (χ0n) is 10.6. The number of halogens is 1. The third-order valence-electron chi connectivity index (χ3n) is 3.19. The maximum Gasteiger partial charge on any atom is 0.123 e. The molecule has 0 fully saturated rings. The Balaban J connectivity index is 2.33. The van der Waals surface area contributed by atoms with E-state index in [0.717, 1.165) is 18.4 Å². The quantitative estimate of drug-likeness (QED) is 0.731. The standard InChI is InChI=1S/C17H17F/c1-3-14-6-5-7-15(17(14)4-2)12-13-8-10-16(18)11-9-13/h3,5-11H,1,4,12H2,2H3.